The first-order chi connectivity index (χ1) is 22.1. The summed E-state index contributed by atoms with van der Waals surface area (Å²) >= 11 is 0. The Labute approximate surface area is 269 Å². The highest BCUT2D eigenvalue weighted by Gasteiger charge is 2.37. The second-order valence-electron chi connectivity index (χ2n) is 12.7. The number of ether oxygens (including phenoxy) is 1. The van der Waals surface area contributed by atoms with Gasteiger partial charge in [-0.05, 0) is 92.6 Å². The normalized spacial score (nSPS) is 14.7. The molecule has 0 bridgehead atoms. The average Bonchev–Trinajstić information content (AvgIpc) is 3.73. The van der Waals surface area contributed by atoms with Gasteiger partial charge in [0.1, 0.15) is 17.1 Å². The van der Waals surface area contributed by atoms with Gasteiger partial charge in [-0.15, -0.1) is 0 Å². The number of alkyl carbamates (subject to hydrolysis) is 1. The number of hydrogen-bond donors (Lipinski definition) is 3. The lowest BCUT2D eigenvalue weighted by atomic mass is 9.79. The molecule has 248 valence electrons. The van der Waals surface area contributed by atoms with E-state index in [0.717, 1.165) is 29.5 Å². The van der Waals surface area contributed by atoms with Crippen molar-refractivity contribution in [1.82, 2.24) is 20.1 Å². The van der Waals surface area contributed by atoms with Crippen LogP contribution in [-0.4, -0.2) is 32.4 Å². The molecular formula is C34H36F4N6O3. The van der Waals surface area contributed by atoms with Crippen LogP contribution in [0.1, 0.15) is 79.3 Å². The molecule has 0 radical (unpaired) electrons. The maximum absolute atomic E-state index is 15.2. The minimum atomic E-state index is -4.87. The summed E-state index contributed by atoms with van der Waals surface area (Å²) in [5, 5.41) is 8.68. The van der Waals surface area contributed by atoms with Gasteiger partial charge in [-0.1, -0.05) is 31.0 Å². The van der Waals surface area contributed by atoms with Crippen molar-refractivity contribution >= 4 is 17.7 Å². The Morgan fingerprint density at radius 2 is 1.72 bits per heavy atom. The number of pyridine rings is 1. The molecule has 4 aromatic rings. The molecule has 5 rings (SSSR count). The van der Waals surface area contributed by atoms with Gasteiger partial charge in [-0.25, -0.2) is 13.9 Å². The molecular weight excluding hydrogens is 616 g/mol. The fourth-order valence-electron chi connectivity index (χ4n) is 5.19. The molecule has 0 spiro atoms. The number of nitrogens with zero attached hydrogens (tertiary/aromatic N) is 3. The summed E-state index contributed by atoms with van der Waals surface area (Å²) in [6, 6.07) is 14.4. The van der Waals surface area contributed by atoms with Crippen LogP contribution in [0.4, 0.5) is 28.0 Å². The Hall–Kier alpha value is -4.78. The lowest BCUT2D eigenvalue weighted by molar-refractivity contribution is -0.141. The van der Waals surface area contributed by atoms with Gasteiger partial charge >= 0.3 is 12.3 Å². The van der Waals surface area contributed by atoms with Gasteiger partial charge in [0.05, 0.1) is 16.9 Å². The van der Waals surface area contributed by atoms with E-state index in [4.69, 9.17) is 10.5 Å². The van der Waals surface area contributed by atoms with Crippen molar-refractivity contribution in [1.29, 1.82) is 0 Å². The van der Waals surface area contributed by atoms with E-state index in [1.54, 1.807) is 63.5 Å². The number of carbonyl (C=O) groups excluding carboxylic acids is 2. The Balaban J connectivity index is 1.44. The number of nitrogens with two attached hydrogens (primary N) is 1. The molecule has 0 saturated heterocycles. The summed E-state index contributed by atoms with van der Waals surface area (Å²) < 4.78 is 62.6. The quantitative estimate of drug-likeness (QED) is 0.157. The van der Waals surface area contributed by atoms with Crippen LogP contribution in [0.25, 0.3) is 5.69 Å². The van der Waals surface area contributed by atoms with Crippen LogP contribution < -0.4 is 16.4 Å². The topological polar surface area (TPSA) is 124 Å². The lowest BCUT2D eigenvalue weighted by Gasteiger charge is -2.31. The Morgan fingerprint density at radius 1 is 1.00 bits per heavy atom. The van der Waals surface area contributed by atoms with Crippen LogP contribution in [0.15, 0.2) is 73.1 Å². The van der Waals surface area contributed by atoms with Crippen molar-refractivity contribution in [2.75, 3.05) is 5.32 Å². The van der Waals surface area contributed by atoms with E-state index in [2.05, 4.69) is 20.7 Å². The summed E-state index contributed by atoms with van der Waals surface area (Å²) in [6.45, 7) is 5.12. The first-order valence-corrected chi connectivity index (χ1v) is 15.2. The van der Waals surface area contributed by atoms with E-state index in [0.29, 0.717) is 29.5 Å². The van der Waals surface area contributed by atoms with E-state index >= 15 is 4.39 Å². The van der Waals surface area contributed by atoms with Crippen molar-refractivity contribution in [2.24, 2.45) is 11.7 Å². The second kappa shape index (κ2) is 13.1. The van der Waals surface area contributed by atoms with Gasteiger partial charge < -0.3 is 21.1 Å². The summed E-state index contributed by atoms with van der Waals surface area (Å²) in [5.41, 5.74) is 5.07. The standard InChI is InChI=1S/C34H36F4N6O3/c1-32(2,3)47-31(46)41-20-22-5-4-6-25(17-22)44-28(19-29(43-44)34(36,37)38)30(45)42-27-18-24(9-10-26(27)35)33(39,14-11-21-7-8-21)23-12-15-40-16-13-23/h4-6,9-10,12-13,15-19,21H,7-8,11,14,20,39H2,1-3H3,(H,41,46)(H,42,45). The molecule has 2 amide bonds. The largest absolute Gasteiger partial charge is 0.444 e. The Morgan fingerprint density at radius 3 is 2.38 bits per heavy atom. The van der Waals surface area contributed by atoms with Gasteiger partial charge in [-0.2, -0.15) is 18.3 Å². The number of hydrogen-bond acceptors (Lipinski definition) is 6. The van der Waals surface area contributed by atoms with Crippen molar-refractivity contribution in [3.05, 3.63) is 107 Å². The number of halogens is 4. The molecule has 47 heavy (non-hydrogen) atoms. The molecule has 1 fully saturated rings. The Kier molecular flexibility index (Phi) is 9.39. The van der Waals surface area contributed by atoms with Gasteiger partial charge in [0.2, 0.25) is 0 Å². The van der Waals surface area contributed by atoms with Crippen molar-refractivity contribution in [2.45, 2.75) is 70.3 Å². The summed E-state index contributed by atoms with van der Waals surface area (Å²) in [4.78, 5) is 29.7. The zero-order chi connectivity index (χ0) is 34.0. The molecule has 2 aromatic heterocycles. The molecule has 4 N–H and O–H groups in total. The first kappa shape index (κ1) is 33.6. The predicted octanol–water partition coefficient (Wildman–Crippen LogP) is 7.09. The third-order valence-corrected chi connectivity index (χ3v) is 7.79. The SMILES string of the molecule is CC(C)(C)OC(=O)NCc1cccc(-n2nc(C(F)(F)F)cc2C(=O)Nc2cc(C(N)(CCC3CC3)c3ccncc3)ccc2F)c1. The smallest absolute Gasteiger partial charge is 0.435 e. The van der Waals surface area contributed by atoms with E-state index in [-0.39, 0.29) is 17.9 Å². The van der Waals surface area contributed by atoms with Crippen LogP contribution in [0.3, 0.4) is 0 Å². The monoisotopic (exact) mass is 652 g/mol. The number of benzene rings is 2. The predicted molar refractivity (Wildman–Crippen MR) is 167 cm³/mol. The number of aromatic nitrogens is 3. The highest BCUT2D eigenvalue weighted by atomic mass is 19.4. The third kappa shape index (κ3) is 8.33. The van der Waals surface area contributed by atoms with E-state index in [9.17, 15) is 22.8 Å². The summed E-state index contributed by atoms with van der Waals surface area (Å²) in [7, 11) is 0. The molecule has 9 nitrogen and oxygen atoms in total. The number of rotatable bonds is 10. The van der Waals surface area contributed by atoms with E-state index < -0.39 is 46.5 Å². The molecule has 13 heteroatoms. The number of amides is 2. The van der Waals surface area contributed by atoms with E-state index in [1.807, 2.05) is 0 Å². The molecule has 1 aliphatic rings. The van der Waals surface area contributed by atoms with Crippen molar-refractivity contribution < 1.29 is 31.9 Å². The highest BCUT2D eigenvalue weighted by molar-refractivity contribution is 6.03. The Bertz CT molecular complexity index is 1750. The molecule has 1 unspecified atom stereocenters. The van der Waals surface area contributed by atoms with Crippen molar-refractivity contribution in [3.63, 3.8) is 0 Å². The van der Waals surface area contributed by atoms with Crippen LogP contribution in [0.2, 0.25) is 0 Å². The molecule has 0 aliphatic heterocycles. The maximum Gasteiger partial charge on any atom is 0.435 e. The molecule has 1 atom stereocenters. The fraction of sp³-hybridized carbons (Fsp3) is 0.353. The minimum Gasteiger partial charge on any atom is -0.444 e. The van der Waals surface area contributed by atoms with Gasteiger partial charge in [0.15, 0.2) is 5.69 Å². The number of anilines is 1. The van der Waals surface area contributed by atoms with Crippen LogP contribution in [0, 0.1) is 11.7 Å². The summed E-state index contributed by atoms with van der Waals surface area (Å²) in [5.74, 6) is -1.25. The van der Waals surface area contributed by atoms with Gasteiger partial charge in [0, 0.05) is 25.0 Å². The van der Waals surface area contributed by atoms with Gasteiger partial charge in [0.25, 0.3) is 5.91 Å². The molecule has 2 heterocycles. The van der Waals surface area contributed by atoms with Crippen molar-refractivity contribution in [3.8, 4) is 5.69 Å². The molecule has 1 aliphatic carbocycles. The first-order valence-electron chi connectivity index (χ1n) is 15.2. The average molecular weight is 653 g/mol. The second-order valence-corrected chi connectivity index (χ2v) is 12.7. The number of nitrogens with one attached hydrogen (secondary N) is 2. The highest BCUT2D eigenvalue weighted by Crippen LogP contribution is 2.40. The molecule has 2 aromatic carbocycles. The minimum absolute atomic E-state index is 0.00521. The maximum atomic E-state index is 15.2. The number of alkyl halides is 3. The fourth-order valence-corrected chi connectivity index (χ4v) is 5.19. The van der Waals surface area contributed by atoms with Crippen LogP contribution in [0.5, 0.6) is 0 Å². The zero-order valence-corrected chi connectivity index (χ0v) is 26.2. The van der Waals surface area contributed by atoms with Crippen LogP contribution in [-0.2, 0) is 23.0 Å². The van der Waals surface area contributed by atoms with Gasteiger partial charge in [-0.3, -0.25) is 9.78 Å². The lowest BCUT2D eigenvalue weighted by Crippen LogP contribution is -2.38. The van der Waals surface area contributed by atoms with Crippen LogP contribution >= 0.6 is 0 Å². The summed E-state index contributed by atoms with van der Waals surface area (Å²) in [6.07, 6.45) is 1.33. The number of carbonyl (C=O) groups is 2. The molecule has 1 saturated carbocycles. The van der Waals surface area contributed by atoms with E-state index in [1.165, 1.54) is 24.3 Å². The zero-order valence-electron chi connectivity index (χ0n) is 26.2. The third-order valence-electron chi connectivity index (χ3n) is 7.79.